The normalized spacial score (nSPS) is 12.2. The summed E-state index contributed by atoms with van der Waals surface area (Å²) in [4.78, 5) is 38.2. The molecule has 0 unspecified atom stereocenters. The minimum Gasteiger partial charge on any atom is -0.462 e. The highest BCUT2D eigenvalue weighted by atomic mass is 16.6. The summed E-state index contributed by atoms with van der Waals surface area (Å²) in [6.07, 6.45) is 68.5. The molecule has 0 N–H and O–H groups in total. The van der Waals surface area contributed by atoms with E-state index in [1.165, 1.54) is 212 Å². The summed E-state index contributed by atoms with van der Waals surface area (Å²) in [5, 5.41) is 0. The Hall–Kier alpha value is -2.37. The lowest BCUT2D eigenvalue weighted by Gasteiger charge is -2.18. The highest BCUT2D eigenvalue weighted by molar-refractivity contribution is 5.71. The zero-order valence-corrected chi connectivity index (χ0v) is 45.6. The van der Waals surface area contributed by atoms with Crippen LogP contribution in [0.3, 0.4) is 0 Å². The van der Waals surface area contributed by atoms with Gasteiger partial charge in [0, 0.05) is 19.3 Å². The smallest absolute Gasteiger partial charge is 0.306 e. The number of carbonyl (C=O) groups excluding carboxylic acids is 3. The van der Waals surface area contributed by atoms with Crippen LogP contribution >= 0.6 is 0 Å². The van der Waals surface area contributed by atoms with Gasteiger partial charge in [-0.1, -0.05) is 243 Å². The van der Waals surface area contributed by atoms with E-state index in [2.05, 4.69) is 57.2 Å². The number of carbonyl (C=O) groups is 3. The van der Waals surface area contributed by atoms with E-state index in [0.717, 1.165) is 70.6 Å². The summed E-state index contributed by atoms with van der Waals surface area (Å²) in [6, 6.07) is 0. The van der Waals surface area contributed by atoms with Crippen molar-refractivity contribution in [2.75, 3.05) is 13.2 Å². The molecule has 68 heavy (non-hydrogen) atoms. The van der Waals surface area contributed by atoms with Crippen molar-refractivity contribution in [1.29, 1.82) is 0 Å². The molecule has 0 aliphatic heterocycles. The van der Waals surface area contributed by atoms with Crippen molar-refractivity contribution in [3.63, 3.8) is 0 Å². The Kier molecular flexibility index (Phi) is 55.2. The van der Waals surface area contributed by atoms with Gasteiger partial charge in [-0.2, -0.15) is 0 Å². The van der Waals surface area contributed by atoms with Crippen LogP contribution in [0.5, 0.6) is 0 Å². The number of ether oxygens (including phenoxy) is 3. The van der Waals surface area contributed by atoms with E-state index >= 15 is 0 Å². The fourth-order valence-electron chi connectivity index (χ4n) is 8.78. The van der Waals surface area contributed by atoms with Gasteiger partial charge in [0.05, 0.1) is 0 Å². The first-order valence-electron chi connectivity index (χ1n) is 30.0. The fourth-order valence-corrected chi connectivity index (χ4v) is 8.78. The van der Waals surface area contributed by atoms with Crippen molar-refractivity contribution in [3.05, 3.63) is 36.5 Å². The Morgan fingerprint density at radius 2 is 0.485 bits per heavy atom. The first-order valence-corrected chi connectivity index (χ1v) is 30.0. The average Bonchev–Trinajstić information content (AvgIpc) is 3.34. The summed E-state index contributed by atoms with van der Waals surface area (Å²) in [5.41, 5.74) is 0. The van der Waals surface area contributed by atoms with E-state index in [1.54, 1.807) is 0 Å². The summed E-state index contributed by atoms with van der Waals surface area (Å²) in [5.74, 6) is -0.882. The maximum atomic E-state index is 12.9. The predicted molar refractivity (Wildman–Crippen MR) is 293 cm³/mol. The van der Waals surface area contributed by atoms with Crippen LogP contribution in [0, 0.1) is 0 Å². The molecule has 0 radical (unpaired) electrons. The Labute approximate surface area is 423 Å². The maximum Gasteiger partial charge on any atom is 0.306 e. The SMILES string of the molecule is CCCCCCCC/C=C\CCCCCCCC(=O)OC[C@H](COC(=O)CCCCCCCCC/C=C\CCCCCCCCCC)OC(=O)CCCCCCC/C=C\CCCCCCCCC. The van der Waals surface area contributed by atoms with Crippen LogP contribution in [-0.2, 0) is 28.6 Å². The lowest BCUT2D eigenvalue weighted by atomic mass is 10.1. The number of esters is 3. The molecule has 0 aromatic carbocycles. The van der Waals surface area contributed by atoms with E-state index < -0.39 is 6.10 Å². The molecule has 0 bridgehead atoms. The van der Waals surface area contributed by atoms with Gasteiger partial charge in [0.25, 0.3) is 0 Å². The second kappa shape index (κ2) is 57.2. The molecule has 0 amide bonds. The van der Waals surface area contributed by atoms with Crippen molar-refractivity contribution < 1.29 is 28.6 Å². The number of rotatable bonds is 55. The first-order chi connectivity index (χ1) is 33.5. The number of unbranched alkanes of at least 4 members (excludes halogenated alkanes) is 38. The molecule has 1 atom stereocenters. The van der Waals surface area contributed by atoms with E-state index in [0.29, 0.717) is 19.3 Å². The minimum absolute atomic E-state index is 0.0781. The third-order valence-electron chi connectivity index (χ3n) is 13.3. The van der Waals surface area contributed by atoms with Gasteiger partial charge in [-0.15, -0.1) is 0 Å². The highest BCUT2D eigenvalue weighted by Gasteiger charge is 2.19. The maximum absolute atomic E-state index is 12.9. The average molecular weight is 956 g/mol. The molecule has 0 fully saturated rings. The molecule has 0 rings (SSSR count). The van der Waals surface area contributed by atoms with Crippen molar-refractivity contribution in [3.8, 4) is 0 Å². The molecule has 0 aliphatic rings. The second-order valence-corrected chi connectivity index (χ2v) is 20.2. The number of hydrogen-bond donors (Lipinski definition) is 0. The van der Waals surface area contributed by atoms with Crippen molar-refractivity contribution in [2.24, 2.45) is 0 Å². The molecular weight excluding hydrogens is 841 g/mol. The van der Waals surface area contributed by atoms with Crippen LogP contribution in [0.4, 0.5) is 0 Å². The molecule has 0 aromatic heterocycles. The van der Waals surface area contributed by atoms with Crippen LogP contribution in [0.1, 0.15) is 323 Å². The van der Waals surface area contributed by atoms with Gasteiger partial charge in [-0.3, -0.25) is 14.4 Å². The van der Waals surface area contributed by atoms with Crippen molar-refractivity contribution in [2.45, 2.75) is 329 Å². The Morgan fingerprint density at radius 3 is 0.735 bits per heavy atom. The molecular formula is C62H114O6. The first kappa shape index (κ1) is 65.6. The van der Waals surface area contributed by atoms with Gasteiger partial charge in [0.1, 0.15) is 13.2 Å². The van der Waals surface area contributed by atoms with Crippen LogP contribution in [0.2, 0.25) is 0 Å². The molecule has 6 nitrogen and oxygen atoms in total. The Balaban J connectivity index is 4.36. The Morgan fingerprint density at radius 1 is 0.279 bits per heavy atom. The molecule has 0 saturated heterocycles. The quantitative estimate of drug-likeness (QED) is 0.0262. The molecule has 0 aromatic rings. The predicted octanol–water partition coefficient (Wildman–Crippen LogP) is 20.0. The zero-order chi connectivity index (χ0) is 49.3. The Bertz CT molecular complexity index is 1140. The molecule has 0 heterocycles. The summed E-state index contributed by atoms with van der Waals surface area (Å²) in [7, 11) is 0. The van der Waals surface area contributed by atoms with Crippen molar-refractivity contribution in [1.82, 2.24) is 0 Å². The minimum atomic E-state index is -0.780. The summed E-state index contributed by atoms with van der Waals surface area (Å²) < 4.78 is 16.9. The van der Waals surface area contributed by atoms with Gasteiger partial charge >= 0.3 is 17.9 Å². The lowest BCUT2D eigenvalue weighted by molar-refractivity contribution is -0.167. The van der Waals surface area contributed by atoms with E-state index in [-0.39, 0.29) is 31.1 Å². The molecule has 0 saturated carbocycles. The van der Waals surface area contributed by atoms with Gasteiger partial charge < -0.3 is 14.2 Å². The van der Waals surface area contributed by atoms with Gasteiger partial charge in [-0.05, 0) is 96.3 Å². The van der Waals surface area contributed by atoms with Crippen LogP contribution in [0.25, 0.3) is 0 Å². The van der Waals surface area contributed by atoms with E-state index in [1.807, 2.05) is 0 Å². The monoisotopic (exact) mass is 955 g/mol. The standard InChI is InChI=1S/C62H114O6/c1-4-7-10-13-16-19-22-25-28-30-31-32-35-37-40-43-46-49-52-55-61(64)67-58-59(57-66-60(63)54-51-48-45-42-39-36-33-27-24-21-18-15-12-9-6-3)68-62(65)56-53-50-47-44-41-38-34-29-26-23-20-17-14-11-8-5-2/h27,29-31,33-34,59H,4-26,28,32,35-58H2,1-3H3/b31-30-,33-27-,34-29-/t59-/m1/s1. The van der Waals surface area contributed by atoms with Crippen LogP contribution in [-0.4, -0.2) is 37.2 Å². The van der Waals surface area contributed by atoms with Crippen LogP contribution < -0.4 is 0 Å². The van der Waals surface area contributed by atoms with Gasteiger partial charge in [-0.25, -0.2) is 0 Å². The summed E-state index contributed by atoms with van der Waals surface area (Å²) in [6.45, 7) is 6.66. The molecule has 0 spiro atoms. The van der Waals surface area contributed by atoms with E-state index in [9.17, 15) is 14.4 Å². The number of hydrogen-bond acceptors (Lipinski definition) is 6. The van der Waals surface area contributed by atoms with Crippen molar-refractivity contribution >= 4 is 17.9 Å². The van der Waals surface area contributed by atoms with Crippen LogP contribution in [0.15, 0.2) is 36.5 Å². The number of allylic oxidation sites excluding steroid dienone is 6. The fraction of sp³-hybridized carbons (Fsp3) is 0.855. The van der Waals surface area contributed by atoms with Gasteiger partial charge in [0.15, 0.2) is 6.10 Å². The molecule has 6 heteroatoms. The molecule has 398 valence electrons. The lowest BCUT2D eigenvalue weighted by Crippen LogP contribution is -2.30. The molecule has 0 aliphatic carbocycles. The third kappa shape index (κ3) is 54.6. The third-order valence-corrected chi connectivity index (χ3v) is 13.3. The topological polar surface area (TPSA) is 78.9 Å². The summed E-state index contributed by atoms with van der Waals surface area (Å²) >= 11 is 0. The zero-order valence-electron chi connectivity index (χ0n) is 45.6. The second-order valence-electron chi connectivity index (χ2n) is 20.2. The van der Waals surface area contributed by atoms with Gasteiger partial charge in [0.2, 0.25) is 0 Å². The van der Waals surface area contributed by atoms with E-state index in [4.69, 9.17) is 14.2 Å². The largest absolute Gasteiger partial charge is 0.462 e. The highest BCUT2D eigenvalue weighted by Crippen LogP contribution is 2.16.